The summed E-state index contributed by atoms with van der Waals surface area (Å²) in [5.41, 5.74) is 3.69. The first-order valence-electron chi connectivity index (χ1n) is 3.59. The maximum absolute atomic E-state index is 9.25. The van der Waals surface area contributed by atoms with Crippen LogP contribution in [0.3, 0.4) is 0 Å². The fraction of sp³-hybridized carbons (Fsp3) is 1.00. The van der Waals surface area contributed by atoms with Gasteiger partial charge in [-0.2, -0.15) is 0 Å². The maximum atomic E-state index is 9.25. The Hall–Kier alpha value is -0.240. The number of hydrogen-bond donors (Lipinski definition) is 5. The lowest BCUT2D eigenvalue weighted by atomic mass is 9.96. The van der Waals surface area contributed by atoms with Gasteiger partial charge in [0.25, 0.3) is 0 Å². The number of nitrogens with two attached hydrogens (primary N) is 1. The fourth-order valence-electron chi connectivity index (χ4n) is 1.06. The molecule has 0 amide bonds. The summed E-state index contributed by atoms with van der Waals surface area (Å²) in [6.07, 6.45) is -4.02. The summed E-state index contributed by atoms with van der Waals surface area (Å²) in [7, 11) is 0. The van der Waals surface area contributed by atoms with Gasteiger partial charge < -0.3 is 25.2 Å². The average Bonchev–Trinajstić information content (AvgIpc) is 2.09. The van der Waals surface area contributed by atoms with E-state index in [0.29, 0.717) is 0 Å². The van der Waals surface area contributed by atoms with E-state index in [1.165, 1.54) is 0 Å². The summed E-state index contributed by atoms with van der Waals surface area (Å²) in [5, 5.41) is 36.1. The van der Waals surface area contributed by atoms with Gasteiger partial charge in [0.15, 0.2) is 5.72 Å². The molecule has 12 heavy (non-hydrogen) atoms. The molecule has 1 heterocycles. The third-order valence-electron chi connectivity index (χ3n) is 1.99. The van der Waals surface area contributed by atoms with Gasteiger partial charge in [0.05, 0.1) is 13.2 Å². The molecule has 1 aliphatic rings. The molecule has 0 bridgehead atoms. The summed E-state index contributed by atoms with van der Waals surface area (Å²) in [5.74, 6) is 0. The molecule has 0 aromatic rings. The summed E-state index contributed by atoms with van der Waals surface area (Å²) < 4.78 is 4.78. The van der Waals surface area contributed by atoms with E-state index < -0.39 is 30.6 Å². The van der Waals surface area contributed by atoms with Crippen LogP contribution in [0.5, 0.6) is 0 Å². The van der Waals surface area contributed by atoms with Gasteiger partial charge in [-0.05, 0) is 0 Å². The van der Waals surface area contributed by atoms with Crippen molar-refractivity contribution < 1.29 is 25.2 Å². The minimum absolute atomic E-state index is 0.199. The normalized spacial score (nSPS) is 49.2. The molecule has 0 spiro atoms. The van der Waals surface area contributed by atoms with Gasteiger partial charge >= 0.3 is 0 Å². The Morgan fingerprint density at radius 2 is 2.00 bits per heavy atom. The molecule has 1 unspecified atom stereocenters. The van der Waals surface area contributed by atoms with Crippen molar-refractivity contribution in [3.8, 4) is 0 Å². The highest BCUT2D eigenvalue weighted by Gasteiger charge is 2.46. The molecule has 0 radical (unpaired) electrons. The van der Waals surface area contributed by atoms with Crippen LogP contribution in [-0.2, 0) is 4.74 Å². The fourth-order valence-corrected chi connectivity index (χ4v) is 1.06. The van der Waals surface area contributed by atoms with Crippen LogP contribution >= 0.6 is 0 Å². The highest BCUT2D eigenvalue weighted by molar-refractivity contribution is 4.94. The maximum Gasteiger partial charge on any atom is 0.168 e. The average molecular weight is 179 g/mol. The van der Waals surface area contributed by atoms with Crippen LogP contribution in [0.2, 0.25) is 0 Å². The molecule has 1 aliphatic heterocycles. The molecule has 6 nitrogen and oxygen atoms in total. The molecule has 1 saturated heterocycles. The van der Waals surface area contributed by atoms with Crippen LogP contribution in [0.15, 0.2) is 0 Å². The lowest BCUT2D eigenvalue weighted by Crippen LogP contribution is -2.67. The Labute approximate surface area is 69.2 Å². The van der Waals surface area contributed by atoms with Crippen molar-refractivity contribution in [3.05, 3.63) is 0 Å². The zero-order valence-electron chi connectivity index (χ0n) is 6.42. The van der Waals surface area contributed by atoms with E-state index in [1.54, 1.807) is 0 Å². The lowest BCUT2D eigenvalue weighted by molar-refractivity contribution is -0.244. The van der Waals surface area contributed by atoms with E-state index in [-0.39, 0.29) is 6.61 Å². The second-order valence-electron chi connectivity index (χ2n) is 2.93. The van der Waals surface area contributed by atoms with Crippen LogP contribution in [0, 0.1) is 0 Å². The standard InChI is InChI=1S/C6H13NO5/c7-6(2-8)5(11)4(10)3(9)1-12-6/h3-5,8-11H,1-2,7H2/t3-,4+,5-,6?/m0/s1. The monoisotopic (exact) mass is 179 g/mol. The Morgan fingerprint density at radius 1 is 1.42 bits per heavy atom. The topological polar surface area (TPSA) is 116 Å². The van der Waals surface area contributed by atoms with Crippen molar-refractivity contribution in [1.82, 2.24) is 0 Å². The predicted molar refractivity (Wildman–Crippen MR) is 38.0 cm³/mol. The third kappa shape index (κ3) is 1.45. The third-order valence-corrected chi connectivity index (χ3v) is 1.99. The first kappa shape index (κ1) is 9.85. The van der Waals surface area contributed by atoms with E-state index in [2.05, 4.69) is 0 Å². The predicted octanol–water partition coefficient (Wildman–Crippen LogP) is -3.25. The van der Waals surface area contributed by atoms with Crippen molar-refractivity contribution in [1.29, 1.82) is 0 Å². The largest absolute Gasteiger partial charge is 0.392 e. The van der Waals surface area contributed by atoms with Gasteiger partial charge in [0, 0.05) is 0 Å². The molecule has 72 valence electrons. The Balaban J connectivity index is 2.71. The van der Waals surface area contributed by atoms with Crippen LogP contribution < -0.4 is 5.73 Å². The molecule has 0 aliphatic carbocycles. The van der Waals surface area contributed by atoms with Crippen molar-refractivity contribution >= 4 is 0 Å². The first-order chi connectivity index (χ1) is 5.51. The van der Waals surface area contributed by atoms with E-state index in [1.807, 2.05) is 0 Å². The minimum Gasteiger partial charge on any atom is -0.392 e. The molecular formula is C6H13NO5. The second-order valence-corrected chi connectivity index (χ2v) is 2.93. The number of rotatable bonds is 1. The lowest BCUT2D eigenvalue weighted by Gasteiger charge is -2.41. The molecule has 0 aromatic carbocycles. The molecular weight excluding hydrogens is 166 g/mol. The molecule has 0 aromatic heterocycles. The zero-order valence-corrected chi connectivity index (χ0v) is 6.42. The van der Waals surface area contributed by atoms with Gasteiger partial charge in [0.1, 0.15) is 18.3 Å². The minimum atomic E-state index is -1.67. The van der Waals surface area contributed by atoms with E-state index in [9.17, 15) is 5.11 Å². The molecule has 1 fully saturated rings. The highest BCUT2D eigenvalue weighted by Crippen LogP contribution is 2.20. The van der Waals surface area contributed by atoms with Gasteiger partial charge in [0.2, 0.25) is 0 Å². The van der Waals surface area contributed by atoms with Crippen LogP contribution in [0.4, 0.5) is 0 Å². The van der Waals surface area contributed by atoms with Crippen molar-refractivity contribution in [3.63, 3.8) is 0 Å². The first-order valence-corrected chi connectivity index (χ1v) is 3.59. The molecule has 4 atom stereocenters. The number of ether oxygens (including phenoxy) is 1. The second kappa shape index (κ2) is 3.25. The molecule has 0 saturated carbocycles. The van der Waals surface area contributed by atoms with E-state index >= 15 is 0 Å². The summed E-state index contributed by atoms with van der Waals surface area (Å²) in [6.45, 7) is -0.812. The summed E-state index contributed by atoms with van der Waals surface area (Å²) in [6, 6.07) is 0. The SMILES string of the molecule is NC1(CO)OC[C@H](O)[C@@H](O)[C@@H]1O. The number of hydrogen-bond acceptors (Lipinski definition) is 6. The van der Waals surface area contributed by atoms with Gasteiger partial charge in [-0.3, -0.25) is 5.73 Å². The van der Waals surface area contributed by atoms with E-state index in [4.69, 9.17) is 25.8 Å². The highest BCUT2D eigenvalue weighted by atomic mass is 16.6. The van der Waals surface area contributed by atoms with Crippen molar-refractivity contribution in [2.24, 2.45) is 5.73 Å². The van der Waals surface area contributed by atoms with Crippen LogP contribution in [-0.4, -0.2) is 57.7 Å². The Morgan fingerprint density at radius 3 is 2.50 bits per heavy atom. The van der Waals surface area contributed by atoms with Crippen molar-refractivity contribution in [2.45, 2.75) is 24.0 Å². The molecule has 1 rings (SSSR count). The number of aliphatic hydroxyl groups excluding tert-OH is 4. The molecule has 6 N–H and O–H groups in total. The molecule has 6 heteroatoms. The summed E-state index contributed by atoms with van der Waals surface area (Å²) >= 11 is 0. The van der Waals surface area contributed by atoms with Gasteiger partial charge in [-0.1, -0.05) is 0 Å². The summed E-state index contributed by atoms with van der Waals surface area (Å²) in [4.78, 5) is 0. The zero-order chi connectivity index (χ0) is 9.35. The van der Waals surface area contributed by atoms with Crippen LogP contribution in [0.25, 0.3) is 0 Å². The van der Waals surface area contributed by atoms with Crippen molar-refractivity contribution in [2.75, 3.05) is 13.2 Å². The Kier molecular flexibility index (Phi) is 2.67. The quantitative estimate of drug-likeness (QED) is 0.288. The Bertz CT molecular complexity index is 166. The van der Waals surface area contributed by atoms with E-state index in [0.717, 1.165) is 0 Å². The van der Waals surface area contributed by atoms with Crippen LogP contribution in [0.1, 0.15) is 0 Å². The van der Waals surface area contributed by atoms with Gasteiger partial charge in [-0.25, -0.2) is 0 Å². The van der Waals surface area contributed by atoms with Gasteiger partial charge in [-0.15, -0.1) is 0 Å². The number of aliphatic hydroxyl groups is 4. The smallest absolute Gasteiger partial charge is 0.168 e.